The zero-order valence-corrected chi connectivity index (χ0v) is 35.0. The zero-order chi connectivity index (χ0) is 42.5. The molecule has 0 spiro atoms. The molecular formula is C59H42N4O. The molecule has 2 aliphatic carbocycles. The largest absolute Gasteiger partial charge is 0.436 e. The lowest BCUT2D eigenvalue weighted by Crippen LogP contribution is -2.39. The summed E-state index contributed by atoms with van der Waals surface area (Å²) in [5.41, 5.74) is 15.4. The van der Waals surface area contributed by atoms with Crippen LogP contribution in [0.2, 0.25) is 0 Å². The second kappa shape index (κ2) is 15.6. The highest BCUT2D eigenvalue weighted by Gasteiger charge is 2.50. The normalized spacial score (nSPS) is 17.4. The fraction of sp³-hybridized carbons (Fsp3) is 0.0678. The van der Waals surface area contributed by atoms with Crippen LogP contribution in [0.15, 0.2) is 227 Å². The van der Waals surface area contributed by atoms with Crippen LogP contribution in [0.5, 0.6) is 0 Å². The van der Waals surface area contributed by atoms with E-state index in [1.165, 1.54) is 38.9 Å². The van der Waals surface area contributed by atoms with E-state index in [1.54, 1.807) is 0 Å². The molecule has 3 aliphatic rings. The molecule has 1 aromatic heterocycles. The Labute approximate surface area is 372 Å². The summed E-state index contributed by atoms with van der Waals surface area (Å²) in [6, 6.07) is 75.4. The first kappa shape index (κ1) is 37.6. The van der Waals surface area contributed by atoms with Gasteiger partial charge in [-0.25, -0.2) is 15.0 Å². The molecule has 0 bridgehead atoms. The van der Waals surface area contributed by atoms with Crippen LogP contribution < -0.4 is 16.1 Å². The molecule has 0 radical (unpaired) electrons. The first-order chi connectivity index (χ1) is 31.7. The van der Waals surface area contributed by atoms with Crippen LogP contribution in [-0.2, 0) is 5.41 Å². The second-order valence-corrected chi connectivity index (χ2v) is 16.7. The molecule has 304 valence electrons. The van der Waals surface area contributed by atoms with E-state index in [0.29, 0.717) is 5.89 Å². The van der Waals surface area contributed by atoms with E-state index in [-0.39, 0.29) is 5.92 Å². The van der Waals surface area contributed by atoms with Crippen molar-refractivity contribution in [2.45, 2.75) is 18.0 Å². The van der Waals surface area contributed by atoms with Crippen molar-refractivity contribution in [2.24, 2.45) is 15.9 Å². The Balaban J connectivity index is 0.969. The first-order valence-electron chi connectivity index (χ1n) is 22.0. The van der Waals surface area contributed by atoms with Gasteiger partial charge in [0, 0.05) is 22.6 Å². The SMILES string of the molecule is C1=c2nc(-c3ccccc3)oc2=CC(C2(c3ccccc3)c3ccccc3-c3c(-c4cccc(-c5cccc(C6N=C(c7ccccc7)NC(c7ccccc7)=N6)c5)c4)cccc32)C1. The van der Waals surface area contributed by atoms with E-state index in [9.17, 15) is 0 Å². The number of aromatic nitrogens is 1. The fourth-order valence-corrected chi connectivity index (χ4v) is 10.2. The summed E-state index contributed by atoms with van der Waals surface area (Å²) in [5.74, 6) is 2.32. The Morgan fingerprint density at radius 2 is 1.03 bits per heavy atom. The Hall–Kier alpha value is -8.15. The van der Waals surface area contributed by atoms with Gasteiger partial charge in [-0.1, -0.05) is 194 Å². The van der Waals surface area contributed by atoms with Crippen molar-refractivity contribution in [1.29, 1.82) is 0 Å². The van der Waals surface area contributed by atoms with Crippen molar-refractivity contribution in [3.05, 3.63) is 256 Å². The van der Waals surface area contributed by atoms with Crippen molar-refractivity contribution in [1.82, 2.24) is 10.3 Å². The molecule has 2 heterocycles. The topological polar surface area (TPSA) is 62.8 Å². The number of oxazole rings is 1. The molecule has 0 saturated heterocycles. The quantitative estimate of drug-likeness (QED) is 0.166. The van der Waals surface area contributed by atoms with Gasteiger partial charge < -0.3 is 9.73 Å². The lowest BCUT2D eigenvalue weighted by Gasteiger charge is -2.39. The summed E-state index contributed by atoms with van der Waals surface area (Å²) < 4.78 is 6.57. The third-order valence-corrected chi connectivity index (χ3v) is 13.0. The van der Waals surface area contributed by atoms with Gasteiger partial charge in [-0.05, 0) is 92.4 Å². The van der Waals surface area contributed by atoms with E-state index >= 15 is 0 Å². The van der Waals surface area contributed by atoms with Crippen molar-refractivity contribution in [3.63, 3.8) is 0 Å². The van der Waals surface area contributed by atoms with Crippen LogP contribution in [0.4, 0.5) is 0 Å². The van der Waals surface area contributed by atoms with E-state index in [0.717, 1.165) is 62.2 Å². The summed E-state index contributed by atoms with van der Waals surface area (Å²) >= 11 is 0. The molecule has 2 atom stereocenters. The number of hydrogen-bond acceptors (Lipinski definition) is 5. The summed E-state index contributed by atoms with van der Waals surface area (Å²) in [6.07, 6.45) is 5.02. The van der Waals surface area contributed by atoms with Crippen LogP contribution in [0, 0.1) is 5.92 Å². The Bertz CT molecular complexity index is 3340. The smallest absolute Gasteiger partial charge is 0.227 e. The van der Waals surface area contributed by atoms with Crippen LogP contribution in [-0.4, -0.2) is 16.7 Å². The molecule has 5 nitrogen and oxygen atoms in total. The van der Waals surface area contributed by atoms with E-state index in [2.05, 4.69) is 175 Å². The maximum absolute atomic E-state index is 6.57. The van der Waals surface area contributed by atoms with Crippen LogP contribution >= 0.6 is 0 Å². The van der Waals surface area contributed by atoms with Gasteiger partial charge in [-0.2, -0.15) is 0 Å². The second-order valence-electron chi connectivity index (χ2n) is 16.7. The summed E-state index contributed by atoms with van der Waals surface area (Å²) in [5, 5.41) is 4.43. The van der Waals surface area contributed by atoms with Gasteiger partial charge >= 0.3 is 0 Å². The maximum Gasteiger partial charge on any atom is 0.227 e. The van der Waals surface area contributed by atoms with Gasteiger partial charge in [0.15, 0.2) is 11.6 Å². The number of nitrogens with one attached hydrogen (secondary N) is 1. The highest BCUT2D eigenvalue weighted by molar-refractivity contribution is 6.15. The van der Waals surface area contributed by atoms with E-state index in [1.807, 2.05) is 54.6 Å². The van der Waals surface area contributed by atoms with Crippen LogP contribution in [0.1, 0.15) is 46.0 Å². The first-order valence-corrected chi connectivity index (χ1v) is 22.0. The Morgan fingerprint density at radius 1 is 0.484 bits per heavy atom. The molecule has 0 fully saturated rings. The molecule has 2 unspecified atom stereocenters. The number of hydrogen-bond donors (Lipinski definition) is 1. The minimum Gasteiger partial charge on any atom is -0.436 e. The molecule has 0 saturated carbocycles. The van der Waals surface area contributed by atoms with E-state index in [4.69, 9.17) is 19.4 Å². The average molecular weight is 823 g/mol. The highest BCUT2D eigenvalue weighted by atomic mass is 16.3. The van der Waals surface area contributed by atoms with Gasteiger partial charge in [0.2, 0.25) is 5.89 Å². The number of amidine groups is 2. The number of nitrogens with zero attached hydrogens (tertiary/aromatic N) is 3. The predicted octanol–water partition coefficient (Wildman–Crippen LogP) is 11.8. The highest BCUT2D eigenvalue weighted by Crippen LogP contribution is 2.59. The molecule has 64 heavy (non-hydrogen) atoms. The zero-order valence-electron chi connectivity index (χ0n) is 35.0. The van der Waals surface area contributed by atoms with Crippen molar-refractivity contribution in [2.75, 3.05) is 0 Å². The minimum atomic E-state index is -0.476. The summed E-state index contributed by atoms with van der Waals surface area (Å²) in [6.45, 7) is 0. The molecule has 1 N–H and O–H groups in total. The van der Waals surface area contributed by atoms with Crippen molar-refractivity contribution >= 4 is 23.8 Å². The minimum absolute atomic E-state index is 0.0656. The molecule has 9 aromatic rings. The third kappa shape index (κ3) is 6.35. The lowest BCUT2D eigenvalue weighted by atomic mass is 9.62. The fourth-order valence-electron chi connectivity index (χ4n) is 10.2. The molecule has 1 aliphatic heterocycles. The maximum atomic E-state index is 6.57. The van der Waals surface area contributed by atoms with Gasteiger partial charge in [0.25, 0.3) is 0 Å². The Morgan fingerprint density at radius 3 is 1.75 bits per heavy atom. The summed E-state index contributed by atoms with van der Waals surface area (Å²) in [4.78, 5) is 15.3. The molecule has 5 heteroatoms. The number of fused-ring (bicyclic) bond motifs is 4. The third-order valence-electron chi connectivity index (χ3n) is 13.0. The number of aliphatic imine (C=N–C) groups is 2. The van der Waals surface area contributed by atoms with Crippen molar-refractivity contribution < 1.29 is 4.42 Å². The van der Waals surface area contributed by atoms with Crippen molar-refractivity contribution in [3.8, 4) is 44.8 Å². The summed E-state index contributed by atoms with van der Waals surface area (Å²) in [7, 11) is 0. The van der Waals surface area contributed by atoms with E-state index < -0.39 is 11.6 Å². The van der Waals surface area contributed by atoms with Gasteiger partial charge in [0.1, 0.15) is 17.0 Å². The standard InChI is InChI=1S/C59H42N4O/c1-5-18-39(19-6-1)55-61-56(40-20-7-2-8-21-40)63-57(62-55)45-27-16-25-43(37-45)42-24-15-26-44(36-42)48-31-17-33-51-54(48)49-30-13-14-32-50(49)59(51,46-28-11-4-12-29-46)47-34-35-52-53(38-47)64-58(60-52)41-22-9-3-10-23-41/h1-33,35-38,47,57H,34H2,(H,61,62,63). The van der Waals surface area contributed by atoms with Gasteiger partial charge in [-0.15, -0.1) is 0 Å². The van der Waals surface area contributed by atoms with Gasteiger partial charge in [-0.3, -0.25) is 0 Å². The molecule has 0 amide bonds. The number of rotatable bonds is 8. The lowest BCUT2D eigenvalue weighted by molar-refractivity contribution is 0.470. The molecule has 8 aromatic carbocycles. The molecular weight excluding hydrogens is 781 g/mol. The van der Waals surface area contributed by atoms with Gasteiger partial charge in [0.05, 0.1) is 5.41 Å². The van der Waals surface area contributed by atoms with Crippen LogP contribution in [0.3, 0.4) is 0 Å². The monoisotopic (exact) mass is 822 g/mol. The number of benzene rings is 8. The molecule has 12 rings (SSSR count). The average Bonchev–Trinajstić information content (AvgIpc) is 3.95. The Kier molecular flexibility index (Phi) is 9.19. The predicted molar refractivity (Wildman–Crippen MR) is 259 cm³/mol. The van der Waals surface area contributed by atoms with Crippen LogP contribution in [0.25, 0.3) is 57.0 Å².